The molecule has 0 amide bonds. The molecule has 1 aliphatic heterocycles. The van der Waals surface area contributed by atoms with Crippen molar-refractivity contribution in [1.82, 2.24) is 5.32 Å². The van der Waals surface area contributed by atoms with Crippen LogP contribution in [0.15, 0.2) is 59.9 Å². The quantitative estimate of drug-likeness (QED) is 0.411. The Hall–Kier alpha value is -4.26. The van der Waals surface area contributed by atoms with Crippen molar-refractivity contribution in [3.05, 3.63) is 81.3 Å². The van der Waals surface area contributed by atoms with Crippen LogP contribution in [0.3, 0.4) is 0 Å². The molecule has 1 aromatic heterocycles. The van der Waals surface area contributed by atoms with Crippen molar-refractivity contribution in [3.63, 3.8) is 0 Å². The van der Waals surface area contributed by atoms with Gasteiger partial charge in [0.1, 0.15) is 0 Å². The average molecular weight is 441 g/mol. The number of hydrogen-bond donors (Lipinski definition) is 2. The Bertz CT molecular complexity index is 1250. The van der Waals surface area contributed by atoms with Crippen LogP contribution >= 0.6 is 0 Å². The van der Waals surface area contributed by atoms with Gasteiger partial charge in [0.2, 0.25) is 11.8 Å². The molecule has 1 aliphatic carbocycles. The van der Waals surface area contributed by atoms with Crippen molar-refractivity contribution in [1.29, 1.82) is 15.8 Å². The zero-order valence-corrected chi connectivity index (χ0v) is 17.8. The molecule has 0 unspecified atom stereocenters. The summed E-state index contributed by atoms with van der Waals surface area (Å²) in [6, 6.07) is 16.7. The first-order chi connectivity index (χ1) is 15.8. The van der Waals surface area contributed by atoms with E-state index in [1.54, 1.807) is 12.1 Å². The molecule has 4 rings (SSSR count). The normalized spacial score (nSPS) is 24.4. The number of nitrogens with one attached hydrogen (secondary N) is 1. The number of benzene rings is 1. The number of allylic oxidation sites excluding steroid dienone is 2. The van der Waals surface area contributed by atoms with Gasteiger partial charge in [0, 0.05) is 37.1 Å². The van der Waals surface area contributed by atoms with Crippen LogP contribution < -0.4 is 9.88 Å². The Morgan fingerprint density at radius 2 is 1.85 bits per heavy atom. The van der Waals surface area contributed by atoms with Crippen molar-refractivity contribution in [2.24, 2.45) is 11.8 Å². The summed E-state index contributed by atoms with van der Waals surface area (Å²) in [4.78, 5) is 10.7. The monoisotopic (exact) mass is 441 g/mol. The number of hydrogen-bond acceptors (Lipinski definition) is 7. The smallest absolute Gasteiger partial charge is 0.269 e. The van der Waals surface area contributed by atoms with Crippen LogP contribution in [0.25, 0.3) is 0 Å². The van der Waals surface area contributed by atoms with Crippen molar-refractivity contribution < 1.29 is 14.6 Å². The first-order valence-corrected chi connectivity index (χ1v) is 10.5. The number of pyridine rings is 1. The van der Waals surface area contributed by atoms with Crippen LogP contribution in [-0.2, 0) is 0 Å². The summed E-state index contributed by atoms with van der Waals surface area (Å²) >= 11 is 0. The minimum Gasteiger partial charge on any atom is -0.365 e. The Morgan fingerprint density at radius 1 is 1.18 bits per heavy atom. The minimum absolute atomic E-state index is 0.0886. The van der Waals surface area contributed by atoms with Gasteiger partial charge in [-0.15, -0.1) is 0 Å². The lowest BCUT2D eigenvalue weighted by atomic mass is 9.73. The van der Waals surface area contributed by atoms with Crippen LogP contribution in [0.2, 0.25) is 0 Å². The Labute approximate surface area is 190 Å². The van der Waals surface area contributed by atoms with Crippen LogP contribution in [0.1, 0.15) is 36.1 Å². The third kappa shape index (κ3) is 3.67. The lowest BCUT2D eigenvalue weighted by Crippen LogP contribution is -2.67. The molecule has 2 aliphatic rings. The molecule has 3 atom stereocenters. The van der Waals surface area contributed by atoms with Crippen LogP contribution in [-0.4, -0.2) is 15.8 Å². The molecule has 164 valence electrons. The zero-order valence-electron chi connectivity index (χ0n) is 17.8. The summed E-state index contributed by atoms with van der Waals surface area (Å²) in [6.45, 7) is 1.89. The lowest BCUT2D eigenvalue weighted by Gasteiger charge is -2.43. The van der Waals surface area contributed by atoms with Gasteiger partial charge in [0.25, 0.3) is 5.69 Å². The summed E-state index contributed by atoms with van der Waals surface area (Å²) in [5.74, 6) is -2.16. The number of aliphatic hydroxyl groups is 1. The molecule has 1 aromatic carbocycles. The minimum atomic E-state index is -1.54. The van der Waals surface area contributed by atoms with Gasteiger partial charge in [-0.25, -0.2) is 0 Å². The lowest BCUT2D eigenvalue weighted by molar-refractivity contribution is -0.747. The van der Waals surface area contributed by atoms with E-state index in [1.165, 1.54) is 12.1 Å². The van der Waals surface area contributed by atoms with Crippen LogP contribution in [0.5, 0.6) is 0 Å². The van der Waals surface area contributed by atoms with E-state index >= 15 is 0 Å². The third-order valence-electron chi connectivity index (χ3n) is 6.43. The molecule has 33 heavy (non-hydrogen) atoms. The number of nitro groups is 1. The van der Waals surface area contributed by atoms with Gasteiger partial charge in [-0.3, -0.25) is 10.1 Å². The third-order valence-corrected chi connectivity index (χ3v) is 6.43. The molecule has 2 heterocycles. The molecule has 2 aromatic rings. The SMILES string of the molecule is Cc1cccc[n+]1[C@H]1[C@H](c2ccc([N+](=O)[O-])cc2)C(C#N)=C(C(C#N)C#N)N[C@]1(O)C1CC1. The molecule has 0 spiro atoms. The zero-order chi connectivity index (χ0) is 23.8. The highest BCUT2D eigenvalue weighted by Crippen LogP contribution is 2.52. The highest BCUT2D eigenvalue weighted by Gasteiger charge is 2.62. The maximum atomic E-state index is 12.0. The second kappa shape index (κ2) is 8.35. The molecule has 2 N–H and O–H groups in total. The van der Waals surface area contributed by atoms with E-state index in [0.29, 0.717) is 5.56 Å². The summed E-state index contributed by atoms with van der Waals surface area (Å²) in [6.07, 6.45) is 3.32. The number of nitrogens with zero attached hydrogens (tertiary/aromatic N) is 5. The van der Waals surface area contributed by atoms with E-state index in [2.05, 4.69) is 11.4 Å². The molecular weight excluding hydrogens is 420 g/mol. The van der Waals surface area contributed by atoms with Crippen molar-refractivity contribution in [2.45, 2.75) is 37.5 Å². The van der Waals surface area contributed by atoms with E-state index in [1.807, 2.05) is 48.0 Å². The molecular formula is C24H21N6O3+. The molecule has 0 bridgehead atoms. The summed E-state index contributed by atoms with van der Waals surface area (Å²) in [7, 11) is 0. The number of nitriles is 3. The summed E-state index contributed by atoms with van der Waals surface area (Å²) in [5, 5.41) is 55.6. The van der Waals surface area contributed by atoms with Gasteiger partial charge in [-0.2, -0.15) is 20.4 Å². The fraction of sp³-hybridized carbons (Fsp3) is 0.333. The first kappa shape index (κ1) is 22.0. The number of aryl methyl sites for hydroxylation is 1. The van der Waals surface area contributed by atoms with E-state index in [9.17, 15) is 31.0 Å². The summed E-state index contributed by atoms with van der Waals surface area (Å²) in [5.41, 5.74) is 0.0255. The molecule has 0 radical (unpaired) electrons. The summed E-state index contributed by atoms with van der Waals surface area (Å²) < 4.78 is 1.89. The van der Waals surface area contributed by atoms with E-state index in [0.717, 1.165) is 18.5 Å². The van der Waals surface area contributed by atoms with Gasteiger partial charge in [-0.1, -0.05) is 18.2 Å². The van der Waals surface area contributed by atoms with Crippen LogP contribution in [0.4, 0.5) is 5.69 Å². The topological polar surface area (TPSA) is 151 Å². The van der Waals surface area contributed by atoms with Gasteiger partial charge in [-0.05, 0) is 18.4 Å². The molecule has 1 saturated carbocycles. The fourth-order valence-corrected chi connectivity index (χ4v) is 4.70. The Balaban J connectivity index is 2.02. The van der Waals surface area contributed by atoms with E-state index in [-0.39, 0.29) is 22.9 Å². The number of non-ortho nitro benzene ring substituents is 1. The largest absolute Gasteiger partial charge is 0.365 e. The number of rotatable bonds is 5. The molecule has 9 nitrogen and oxygen atoms in total. The Morgan fingerprint density at radius 3 is 2.36 bits per heavy atom. The first-order valence-electron chi connectivity index (χ1n) is 10.5. The maximum absolute atomic E-state index is 12.0. The van der Waals surface area contributed by atoms with Crippen molar-refractivity contribution >= 4 is 5.69 Å². The fourth-order valence-electron chi connectivity index (χ4n) is 4.70. The van der Waals surface area contributed by atoms with Crippen molar-refractivity contribution in [2.75, 3.05) is 0 Å². The number of aromatic nitrogens is 1. The van der Waals surface area contributed by atoms with E-state index < -0.39 is 28.5 Å². The van der Waals surface area contributed by atoms with Gasteiger partial charge in [0.15, 0.2) is 17.8 Å². The van der Waals surface area contributed by atoms with E-state index in [4.69, 9.17) is 0 Å². The maximum Gasteiger partial charge on any atom is 0.269 e. The molecule has 9 heteroatoms. The van der Waals surface area contributed by atoms with Gasteiger partial charge >= 0.3 is 0 Å². The predicted octanol–water partition coefficient (Wildman–Crippen LogP) is 2.66. The van der Waals surface area contributed by atoms with Crippen molar-refractivity contribution in [3.8, 4) is 18.2 Å². The molecule has 0 saturated heterocycles. The predicted molar refractivity (Wildman–Crippen MR) is 114 cm³/mol. The highest BCUT2D eigenvalue weighted by molar-refractivity contribution is 5.48. The molecule has 1 fully saturated rings. The Kier molecular flexibility index (Phi) is 5.55. The van der Waals surface area contributed by atoms with Gasteiger partial charge in [0.05, 0.1) is 40.3 Å². The average Bonchev–Trinajstić information content (AvgIpc) is 3.66. The van der Waals surface area contributed by atoms with Gasteiger partial charge < -0.3 is 10.4 Å². The van der Waals surface area contributed by atoms with Crippen LogP contribution in [0, 0.1) is 62.9 Å². The standard InChI is InChI=1S/C24H21N6O3/c1-15-4-2-3-11-29(15)23-21(16-5-9-19(10-6-16)30(32)33)20(14-27)22(17(12-25)13-26)28-24(23,31)18-7-8-18/h2-6,9-11,17-18,21,23,28,31H,7-8H2,1H3/q+1/t21-,23+,24+/m1/s1. The second-order valence-electron chi connectivity index (χ2n) is 8.38. The second-order valence-corrected chi connectivity index (χ2v) is 8.38. The highest BCUT2D eigenvalue weighted by atomic mass is 16.6. The number of nitro benzene ring substituents is 1.